The van der Waals surface area contributed by atoms with Crippen molar-refractivity contribution in [2.24, 2.45) is 5.92 Å². The molecular formula is C11H18N2O4. The molecule has 0 aromatic heterocycles. The summed E-state index contributed by atoms with van der Waals surface area (Å²) in [6, 6.07) is -0.278. The zero-order valence-electron chi connectivity index (χ0n) is 9.58. The largest absolute Gasteiger partial charge is 0.390 e. The molecule has 3 aliphatic rings. The second kappa shape index (κ2) is 4.12. The number of hydrogen-bond donors (Lipinski definition) is 3. The molecule has 0 radical (unpaired) electrons. The molecule has 96 valence electrons. The van der Waals surface area contributed by atoms with E-state index >= 15 is 0 Å². The van der Waals surface area contributed by atoms with Crippen LogP contribution >= 0.6 is 0 Å². The van der Waals surface area contributed by atoms with Gasteiger partial charge in [0, 0.05) is 19.1 Å². The van der Waals surface area contributed by atoms with E-state index in [1.54, 1.807) is 4.90 Å². The normalized spacial score (nSPS) is 44.4. The van der Waals surface area contributed by atoms with Gasteiger partial charge in [-0.2, -0.15) is 0 Å². The highest BCUT2D eigenvalue weighted by molar-refractivity contribution is 5.75. The molecular weight excluding hydrogens is 224 g/mol. The predicted octanol–water partition coefficient (Wildman–Crippen LogP) is -1.09. The monoisotopic (exact) mass is 242 g/mol. The van der Waals surface area contributed by atoms with Gasteiger partial charge in [0.2, 0.25) is 0 Å². The summed E-state index contributed by atoms with van der Waals surface area (Å²) in [5.74, 6) is 0.0283. The van der Waals surface area contributed by atoms with Gasteiger partial charge < -0.3 is 25.2 Å². The van der Waals surface area contributed by atoms with Crippen LogP contribution in [0.15, 0.2) is 0 Å². The number of fused-ring (bicyclic) bond motifs is 2. The third kappa shape index (κ3) is 1.80. The zero-order valence-corrected chi connectivity index (χ0v) is 9.58. The molecule has 5 atom stereocenters. The molecule has 0 aromatic rings. The van der Waals surface area contributed by atoms with Crippen molar-refractivity contribution in [3.63, 3.8) is 0 Å². The van der Waals surface area contributed by atoms with Crippen LogP contribution in [0.1, 0.15) is 12.8 Å². The van der Waals surface area contributed by atoms with Gasteiger partial charge in [-0.05, 0) is 12.8 Å². The fourth-order valence-corrected chi connectivity index (χ4v) is 3.12. The minimum Gasteiger partial charge on any atom is -0.390 e. The first-order valence-corrected chi connectivity index (χ1v) is 6.18. The van der Waals surface area contributed by atoms with Crippen molar-refractivity contribution in [1.29, 1.82) is 0 Å². The van der Waals surface area contributed by atoms with Gasteiger partial charge in [0.1, 0.15) is 6.10 Å². The van der Waals surface area contributed by atoms with Gasteiger partial charge >= 0.3 is 6.03 Å². The number of nitrogens with one attached hydrogen (secondary N) is 1. The van der Waals surface area contributed by atoms with E-state index in [1.807, 2.05) is 0 Å². The van der Waals surface area contributed by atoms with Gasteiger partial charge in [0.05, 0.1) is 24.8 Å². The van der Waals surface area contributed by atoms with E-state index < -0.39 is 12.2 Å². The van der Waals surface area contributed by atoms with Crippen LogP contribution in [0.3, 0.4) is 0 Å². The van der Waals surface area contributed by atoms with Gasteiger partial charge in [0.15, 0.2) is 0 Å². The number of aliphatic hydroxyl groups excluding tert-OH is 2. The lowest BCUT2D eigenvalue weighted by atomic mass is 10.0. The first-order chi connectivity index (χ1) is 8.16. The third-order valence-electron chi connectivity index (χ3n) is 4.12. The quantitative estimate of drug-likeness (QED) is 0.546. The Balaban J connectivity index is 1.60. The molecule has 17 heavy (non-hydrogen) atoms. The lowest BCUT2D eigenvalue weighted by Gasteiger charge is -2.33. The first-order valence-electron chi connectivity index (χ1n) is 6.18. The Hall–Kier alpha value is -0.850. The van der Waals surface area contributed by atoms with Crippen molar-refractivity contribution in [3.05, 3.63) is 0 Å². The molecule has 0 spiro atoms. The van der Waals surface area contributed by atoms with Crippen molar-refractivity contribution in [3.8, 4) is 0 Å². The highest BCUT2D eigenvalue weighted by Crippen LogP contribution is 2.38. The Morgan fingerprint density at radius 1 is 1.35 bits per heavy atom. The summed E-state index contributed by atoms with van der Waals surface area (Å²) >= 11 is 0. The minimum absolute atomic E-state index is 0.0283. The number of hydrogen-bond acceptors (Lipinski definition) is 4. The molecule has 3 fully saturated rings. The van der Waals surface area contributed by atoms with Crippen LogP contribution in [0.2, 0.25) is 0 Å². The molecule has 6 heteroatoms. The number of aliphatic hydroxyl groups is 2. The maximum Gasteiger partial charge on any atom is 0.318 e. The lowest BCUT2D eigenvalue weighted by molar-refractivity contribution is -0.0329. The van der Waals surface area contributed by atoms with Gasteiger partial charge in [-0.15, -0.1) is 0 Å². The van der Waals surface area contributed by atoms with Crippen LogP contribution in [0.4, 0.5) is 4.79 Å². The van der Waals surface area contributed by atoms with E-state index in [-0.39, 0.29) is 24.0 Å². The molecule has 1 unspecified atom stereocenters. The van der Waals surface area contributed by atoms with Crippen molar-refractivity contribution in [2.75, 3.05) is 19.8 Å². The van der Waals surface area contributed by atoms with Crippen LogP contribution in [0.25, 0.3) is 0 Å². The van der Waals surface area contributed by atoms with Crippen LogP contribution in [0, 0.1) is 5.92 Å². The molecule has 2 bridgehead atoms. The number of piperidine rings is 1. The minimum atomic E-state index is -0.792. The fourth-order valence-electron chi connectivity index (χ4n) is 3.12. The summed E-state index contributed by atoms with van der Waals surface area (Å²) in [7, 11) is 0. The van der Waals surface area contributed by atoms with E-state index in [2.05, 4.69) is 5.32 Å². The number of nitrogens with zero attached hydrogens (tertiary/aromatic N) is 1. The topological polar surface area (TPSA) is 82.0 Å². The molecule has 3 N–H and O–H groups in total. The third-order valence-corrected chi connectivity index (χ3v) is 4.12. The van der Waals surface area contributed by atoms with E-state index in [4.69, 9.17) is 4.74 Å². The number of carbonyl (C=O) groups is 1. The van der Waals surface area contributed by atoms with E-state index in [9.17, 15) is 15.0 Å². The maximum absolute atomic E-state index is 12.0. The van der Waals surface area contributed by atoms with Gasteiger partial charge in [-0.25, -0.2) is 4.79 Å². The molecule has 0 aromatic carbocycles. The van der Waals surface area contributed by atoms with Gasteiger partial charge in [0.25, 0.3) is 0 Å². The summed E-state index contributed by atoms with van der Waals surface area (Å²) in [5, 5.41) is 22.3. The summed E-state index contributed by atoms with van der Waals surface area (Å²) in [6.07, 6.45) is 0.0914. The number of urea groups is 1. The van der Waals surface area contributed by atoms with Gasteiger partial charge in [-0.3, -0.25) is 0 Å². The molecule has 2 aliphatic heterocycles. The first kappa shape index (κ1) is 11.3. The SMILES string of the molecule is O=C(NC1CCOC1)N1C[C@@H]2C[C@H]1[C@@H](O)[C@H]2O. The standard InChI is InChI=1S/C11H18N2O4/c14-9-6-3-8(10(9)15)13(4-6)11(16)12-7-1-2-17-5-7/h6-10,14-15H,1-5H2,(H,12,16)/t6-,7?,8-,9-,10+/m0/s1. The second-order valence-electron chi connectivity index (χ2n) is 5.21. The van der Waals surface area contributed by atoms with Crippen LogP contribution < -0.4 is 5.32 Å². The van der Waals surface area contributed by atoms with Crippen molar-refractivity contribution >= 4 is 6.03 Å². The molecule has 2 saturated heterocycles. The Morgan fingerprint density at radius 2 is 2.18 bits per heavy atom. The van der Waals surface area contributed by atoms with Crippen LogP contribution in [-0.2, 0) is 4.74 Å². The molecule has 6 nitrogen and oxygen atoms in total. The van der Waals surface area contributed by atoms with Crippen LogP contribution in [0.5, 0.6) is 0 Å². The fraction of sp³-hybridized carbons (Fsp3) is 0.909. The summed E-state index contributed by atoms with van der Waals surface area (Å²) in [6.45, 7) is 1.81. The number of amides is 2. The highest BCUT2D eigenvalue weighted by atomic mass is 16.5. The number of likely N-dealkylation sites (tertiary alicyclic amines) is 1. The average Bonchev–Trinajstić information content (AvgIpc) is 2.98. The van der Waals surface area contributed by atoms with Gasteiger partial charge in [-0.1, -0.05) is 0 Å². The Morgan fingerprint density at radius 3 is 2.76 bits per heavy atom. The smallest absolute Gasteiger partial charge is 0.318 e. The lowest BCUT2D eigenvalue weighted by Crippen LogP contribution is -2.55. The number of carbonyl (C=O) groups excluding carboxylic acids is 1. The number of rotatable bonds is 1. The van der Waals surface area contributed by atoms with Crippen molar-refractivity contribution < 1.29 is 19.7 Å². The van der Waals surface area contributed by atoms with E-state index in [1.165, 1.54) is 0 Å². The van der Waals surface area contributed by atoms with E-state index in [0.717, 1.165) is 6.42 Å². The predicted molar refractivity (Wildman–Crippen MR) is 58.4 cm³/mol. The molecule has 1 saturated carbocycles. The maximum atomic E-state index is 12.0. The molecule has 3 rings (SSSR count). The molecule has 1 aliphatic carbocycles. The van der Waals surface area contributed by atoms with Crippen molar-refractivity contribution in [1.82, 2.24) is 10.2 Å². The molecule has 2 amide bonds. The average molecular weight is 242 g/mol. The Kier molecular flexibility index (Phi) is 2.72. The Bertz CT molecular complexity index is 317. The van der Waals surface area contributed by atoms with Crippen molar-refractivity contribution in [2.45, 2.75) is 37.1 Å². The molecule has 2 heterocycles. The summed E-state index contributed by atoms with van der Waals surface area (Å²) in [4.78, 5) is 13.7. The summed E-state index contributed by atoms with van der Waals surface area (Å²) in [5.41, 5.74) is 0. The second-order valence-corrected chi connectivity index (χ2v) is 5.21. The van der Waals surface area contributed by atoms with Crippen LogP contribution in [-0.4, -0.2) is 65.2 Å². The Labute approximate surface area is 99.5 Å². The summed E-state index contributed by atoms with van der Waals surface area (Å²) < 4.78 is 5.20. The van der Waals surface area contributed by atoms with E-state index in [0.29, 0.717) is 26.2 Å². The number of ether oxygens (including phenoxy) is 1. The highest BCUT2D eigenvalue weighted by Gasteiger charge is 2.52. The zero-order chi connectivity index (χ0) is 12.0.